The third-order valence-electron chi connectivity index (χ3n) is 4.02. The Morgan fingerprint density at radius 2 is 1.74 bits per heavy atom. The summed E-state index contributed by atoms with van der Waals surface area (Å²) in [5, 5.41) is 24.1. The molecule has 0 saturated heterocycles. The number of carbonyl (C=O) groups is 2. The molecule has 0 fully saturated rings. The first-order chi connectivity index (χ1) is 14.8. The van der Waals surface area contributed by atoms with E-state index in [1.165, 1.54) is 48.7 Å². The van der Waals surface area contributed by atoms with Gasteiger partial charge in [0, 0.05) is 23.3 Å². The predicted molar refractivity (Wildman–Crippen MR) is 115 cm³/mol. The number of phenols is 1. The Kier molecular flexibility index (Phi) is 6.73. The number of rotatable bonds is 6. The summed E-state index contributed by atoms with van der Waals surface area (Å²) in [6.07, 6.45) is 1.31. The number of nitro groups is 1. The molecule has 10 heteroatoms. The van der Waals surface area contributed by atoms with E-state index in [2.05, 4.69) is 26.5 Å². The first-order valence-electron chi connectivity index (χ1n) is 8.73. The summed E-state index contributed by atoms with van der Waals surface area (Å²) in [4.78, 5) is 34.7. The molecule has 156 valence electrons. The summed E-state index contributed by atoms with van der Waals surface area (Å²) >= 11 is 3.13. The number of nitro benzene ring substituents is 1. The molecular formula is C21H14BrN3O6. The van der Waals surface area contributed by atoms with Crippen LogP contribution in [0.4, 0.5) is 5.69 Å². The van der Waals surface area contributed by atoms with Gasteiger partial charge in [-0.3, -0.25) is 14.9 Å². The Morgan fingerprint density at radius 1 is 1.06 bits per heavy atom. The van der Waals surface area contributed by atoms with Gasteiger partial charge in [-0.2, -0.15) is 5.10 Å². The number of halogens is 1. The lowest BCUT2D eigenvalue weighted by atomic mass is 10.2. The number of para-hydroxylation sites is 1. The summed E-state index contributed by atoms with van der Waals surface area (Å²) in [5.74, 6) is -1.01. The molecule has 0 bridgehead atoms. The van der Waals surface area contributed by atoms with Crippen LogP contribution in [0, 0.1) is 10.1 Å². The second-order valence-corrected chi connectivity index (χ2v) is 6.95. The van der Waals surface area contributed by atoms with Gasteiger partial charge in [0.15, 0.2) is 0 Å². The summed E-state index contributed by atoms with van der Waals surface area (Å²) < 4.78 is 5.72. The van der Waals surface area contributed by atoms with E-state index >= 15 is 0 Å². The second-order valence-electron chi connectivity index (χ2n) is 6.10. The molecule has 3 rings (SSSR count). The highest BCUT2D eigenvalue weighted by molar-refractivity contribution is 9.10. The van der Waals surface area contributed by atoms with Gasteiger partial charge in [-0.25, -0.2) is 10.2 Å². The van der Waals surface area contributed by atoms with Crippen LogP contribution in [0.1, 0.15) is 26.3 Å². The van der Waals surface area contributed by atoms with Crippen molar-refractivity contribution in [2.24, 2.45) is 5.10 Å². The van der Waals surface area contributed by atoms with E-state index in [-0.39, 0.29) is 28.3 Å². The largest absolute Gasteiger partial charge is 0.507 e. The zero-order valence-corrected chi connectivity index (χ0v) is 17.3. The van der Waals surface area contributed by atoms with Crippen molar-refractivity contribution < 1.29 is 24.4 Å². The highest BCUT2D eigenvalue weighted by Crippen LogP contribution is 2.24. The quantitative estimate of drug-likeness (QED) is 0.179. The van der Waals surface area contributed by atoms with Crippen molar-refractivity contribution in [1.29, 1.82) is 0 Å². The molecule has 9 nitrogen and oxygen atoms in total. The van der Waals surface area contributed by atoms with E-state index < -0.39 is 16.8 Å². The summed E-state index contributed by atoms with van der Waals surface area (Å²) in [6, 6.07) is 15.8. The van der Waals surface area contributed by atoms with E-state index in [9.17, 15) is 24.8 Å². The van der Waals surface area contributed by atoms with E-state index in [1.54, 1.807) is 24.3 Å². The molecule has 0 aromatic heterocycles. The van der Waals surface area contributed by atoms with Crippen LogP contribution >= 0.6 is 15.9 Å². The number of non-ortho nitro benzene ring substituents is 1. The number of amides is 1. The molecule has 0 saturated carbocycles. The summed E-state index contributed by atoms with van der Waals surface area (Å²) in [6.45, 7) is 0. The number of esters is 1. The number of hydrogen-bond acceptors (Lipinski definition) is 7. The molecule has 31 heavy (non-hydrogen) atoms. The van der Waals surface area contributed by atoms with Crippen LogP contribution in [-0.2, 0) is 0 Å². The number of phenolic OH excluding ortho intramolecular Hbond substituents is 1. The highest BCUT2D eigenvalue weighted by Gasteiger charge is 2.13. The number of nitrogens with zero attached hydrogens (tertiary/aromatic N) is 2. The number of hydrogen-bond donors (Lipinski definition) is 2. The molecule has 1 amide bonds. The Bertz CT molecular complexity index is 1180. The van der Waals surface area contributed by atoms with E-state index in [4.69, 9.17) is 4.74 Å². The molecule has 0 spiro atoms. The second kappa shape index (κ2) is 9.63. The highest BCUT2D eigenvalue weighted by atomic mass is 79.9. The van der Waals surface area contributed by atoms with E-state index in [0.717, 1.165) is 0 Å². The van der Waals surface area contributed by atoms with Crippen LogP contribution in [0.3, 0.4) is 0 Å². The Morgan fingerprint density at radius 3 is 2.42 bits per heavy atom. The van der Waals surface area contributed by atoms with Crippen LogP contribution in [0.15, 0.2) is 76.3 Å². The maximum Gasteiger partial charge on any atom is 0.343 e. The Balaban J connectivity index is 1.69. The SMILES string of the molecule is O=C(NN=Cc1ccccc1OC(=O)c1ccc([N+](=O)[O-])cc1)c1ccc(O)c(Br)c1. The minimum atomic E-state index is -0.700. The van der Waals surface area contributed by atoms with Gasteiger partial charge >= 0.3 is 5.97 Å². The molecule has 0 unspecified atom stereocenters. The third-order valence-corrected chi connectivity index (χ3v) is 4.65. The molecule has 3 aromatic carbocycles. The Hall–Kier alpha value is -4.05. The van der Waals surface area contributed by atoms with Crippen molar-refractivity contribution >= 4 is 39.7 Å². The number of hydrazone groups is 1. The normalized spacial score (nSPS) is 10.6. The van der Waals surface area contributed by atoms with Gasteiger partial charge in [0.25, 0.3) is 11.6 Å². The molecule has 3 aromatic rings. The Labute approximate surface area is 184 Å². The van der Waals surface area contributed by atoms with Crippen LogP contribution in [0.5, 0.6) is 11.5 Å². The van der Waals surface area contributed by atoms with Crippen molar-refractivity contribution in [3.63, 3.8) is 0 Å². The smallest absolute Gasteiger partial charge is 0.343 e. The van der Waals surface area contributed by atoms with Gasteiger partial charge in [0.1, 0.15) is 11.5 Å². The monoisotopic (exact) mass is 483 g/mol. The van der Waals surface area contributed by atoms with Gasteiger partial charge in [0.05, 0.1) is 21.2 Å². The maximum absolute atomic E-state index is 12.3. The van der Waals surface area contributed by atoms with Gasteiger partial charge in [-0.15, -0.1) is 0 Å². The minimum absolute atomic E-state index is 0.00353. The minimum Gasteiger partial charge on any atom is -0.507 e. The van der Waals surface area contributed by atoms with Gasteiger partial charge in [0.2, 0.25) is 0 Å². The first kappa shape index (κ1) is 21.7. The molecule has 0 aliphatic heterocycles. The van der Waals surface area contributed by atoms with Crippen molar-refractivity contribution in [1.82, 2.24) is 5.43 Å². The third kappa shape index (κ3) is 5.52. The average molecular weight is 484 g/mol. The summed E-state index contributed by atoms with van der Waals surface area (Å²) in [7, 11) is 0. The van der Waals surface area contributed by atoms with Crippen LogP contribution in [0.25, 0.3) is 0 Å². The van der Waals surface area contributed by atoms with Gasteiger partial charge in [-0.1, -0.05) is 12.1 Å². The van der Waals surface area contributed by atoms with Crippen LogP contribution < -0.4 is 10.2 Å². The van der Waals surface area contributed by atoms with E-state index in [0.29, 0.717) is 10.0 Å². The molecular weight excluding hydrogens is 470 g/mol. The predicted octanol–water partition coefficient (Wildman–Crippen LogP) is 4.05. The zero-order chi connectivity index (χ0) is 22.4. The molecule has 0 aliphatic carbocycles. The lowest BCUT2D eigenvalue weighted by Gasteiger charge is -2.07. The van der Waals surface area contributed by atoms with E-state index in [1.807, 2.05) is 0 Å². The van der Waals surface area contributed by atoms with Crippen molar-refractivity contribution in [3.8, 4) is 11.5 Å². The molecule has 2 N–H and O–H groups in total. The lowest BCUT2D eigenvalue weighted by molar-refractivity contribution is -0.384. The van der Waals surface area contributed by atoms with Gasteiger partial charge in [-0.05, 0) is 58.4 Å². The number of benzene rings is 3. The lowest BCUT2D eigenvalue weighted by Crippen LogP contribution is -2.17. The molecule has 0 aliphatic rings. The molecule has 0 heterocycles. The van der Waals surface area contributed by atoms with Crippen molar-refractivity contribution in [2.45, 2.75) is 0 Å². The molecule has 0 radical (unpaired) electrons. The molecule has 0 atom stereocenters. The number of nitrogens with one attached hydrogen (secondary N) is 1. The number of carbonyl (C=O) groups excluding carboxylic acids is 2. The van der Waals surface area contributed by atoms with Crippen molar-refractivity contribution in [2.75, 3.05) is 0 Å². The first-order valence-corrected chi connectivity index (χ1v) is 9.52. The fourth-order valence-electron chi connectivity index (χ4n) is 2.43. The average Bonchev–Trinajstić information content (AvgIpc) is 2.76. The van der Waals surface area contributed by atoms with Crippen molar-refractivity contribution in [3.05, 3.63) is 98.0 Å². The number of ether oxygens (including phenoxy) is 1. The topological polar surface area (TPSA) is 131 Å². The van der Waals surface area contributed by atoms with Crippen LogP contribution in [0.2, 0.25) is 0 Å². The number of aromatic hydroxyl groups is 1. The fraction of sp³-hybridized carbons (Fsp3) is 0. The maximum atomic E-state index is 12.3. The summed E-state index contributed by atoms with van der Waals surface area (Å²) in [5.41, 5.74) is 3.05. The standard InChI is InChI=1S/C21H14BrN3O6/c22-17-11-14(7-10-18(17)26)20(27)24-23-12-15-3-1-2-4-19(15)31-21(28)13-5-8-16(9-6-13)25(29)30/h1-12,26H,(H,24,27). The van der Waals surface area contributed by atoms with Gasteiger partial charge < -0.3 is 9.84 Å². The van der Waals surface area contributed by atoms with Crippen LogP contribution in [-0.4, -0.2) is 28.1 Å². The fourth-order valence-corrected chi connectivity index (χ4v) is 2.81. The zero-order valence-electron chi connectivity index (χ0n) is 15.7.